The topological polar surface area (TPSA) is 0 Å². The van der Waals surface area contributed by atoms with Crippen molar-refractivity contribution in [3.63, 3.8) is 0 Å². The summed E-state index contributed by atoms with van der Waals surface area (Å²) in [5, 5.41) is 0. The van der Waals surface area contributed by atoms with Gasteiger partial charge in [0.05, 0.1) is 10.8 Å². The summed E-state index contributed by atoms with van der Waals surface area (Å²) in [6.07, 6.45) is 13.4. The molecule has 0 atom stereocenters. The Labute approximate surface area is 303 Å². The molecule has 262 valence electrons. The van der Waals surface area contributed by atoms with Gasteiger partial charge in [-0.05, 0) is 92.0 Å². The normalized spacial score (nSPS) is 11.3. The van der Waals surface area contributed by atoms with Crippen LogP contribution in [0.15, 0.2) is 91.0 Å². The predicted octanol–water partition coefficient (Wildman–Crippen LogP) is 13.3. The minimum atomic E-state index is -0.253. The Morgan fingerprint density at radius 3 is 0.980 bits per heavy atom. The smallest absolute Gasteiger partial charge is 0.0504 e. The number of hydrogen-bond acceptors (Lipinski definition) is 0. The lowest BCUT2D eigenvalue weighted by Gasteiger charge is -2.32. The third kappa shape index (κ3) is 11.0. The molecule has 0 spiro atoms. The third-order valence-corrected chi connectivity index (χ3v) is 9.74. The summed E-state index contributed by atoms with van der Waals surface area (Å²) in [4.78, 5) is 0. The SMILES string of the molecule is C#CC(C)(C)c1ccc(C(C)(C)c2cc(C)cc(C(C)(C)c3ccc(CC)cc3)c2)cc1.C#CC(C)(C)c1ccc(CC)cc1.CC.CC. The molecule has 0 radical (unpaired) electrons. The standard InChI is InChI=1S/C32H38.C13H16.2C2H6/c1-10-24-12-14-26(15-13-24)31(6,7)28-20-23(3)21-29(22-28)32(8,9)27-18-16-25(17-19-27)30(4,5)11-2;1-5-11-7-9-12(10-8-11)13(3,4)6-2;2*1-2/h2,12-22H,10H2,1,3-9H3;2,7-10H,5H2,1,3-4H3;2*1-2H3. The maximum absolute atomic E-state index is 5.74. The van der Waals surface area contributed by atoms with E-state index in [4.69, 9.17) is 12.8 Å². The van der Waals surface area contributed by atoms with Crippen molar-refractivity contribution < 1.29 is 0 Å². The Bertz CT molecular complexity index is 1640. The second kappa shape index (κ2) is 18.7. The molecule has 4 aromatic carbocycles. The molecule has 49 heavy (non-hydrogen) atoms. The molecule has 0 heterocycles. The number of rotatable bonds is 8. The molecule has 0 saturated carbocycles. The van der Waals surface area contributed by atoms with Crippen molar-refractivity contribution in [1.29, 1.82) is 0 Å². The van der Waals surface area contributed by atoms with Crippen LogP contribution in [0.3, 0.4) is 0 Å². The van der Waals surface area contributed by atoms with Crippen LogP contribution in [-0.2, 0) is 34.5 Å². The van der Waals surface area contributed by atoms with Gasteiger partial charge in [-0.25, -0.2) is 0 Å². The summed E-state index contributed by atoms with van der Waals surface area (Å²) in [6.45, 7) is 32.2. The summed E-state index contributed by atoms with van der Waals surface area (Å²) in [5.74, 6) is 5.70. The Balaban J connectivity index is 0.000000589. The first-order chi connectivity index (χ1) is 23.0. The molecule has 0 bridgehead atoms. The molecule has 0 aliphatic carbocycles. The molecule has 0 aromatic heterocycles. The Kier molecular flexibility index (Phi) is 16.4. The van der Waals surface area contributed by atoms with E-state index in [0.717, 1.165) is 12.8 Å². The van der Waals surface area contributed by atoms with E-state index in [9.17, 15) is 0 Å². The van der Waals surface area contributed by atoms with E-state index in [1.807, 2.05) is 27.7 Å². The zero-order chi connectivity index (χ0) is 37.6. The zero-order valence-electron chi connectivity index (χ0n) is 33.7. The van der Waals surface area contributed by atoms with Crippen LogP contribution in [0, 0.1) is 31.6 Å². The highest BCUT2D eigenvalue weighted by Crippen LogP contribution is 2.38. The molecule has 4 aromatic rings. The number of terminal acetylenes is 2. The van der Waals surface area contributed by atoms with E-state index in [1.165, 1.54) is 50.1 Å². The maximum atomic E-state index is 5.74. The van der Waals surface area contributed by atoms with Gasteiger partial charge in [0.25, 0.3) is 0 Å². The molecule has 0 aliphatic heterocycles. The Morgan fingerprint density at radius 1 is 0.429 bits per heavy atom. The fourth-order valence-electron chi connectivity index (χ4n) is 5.62. The van der Waals surface area contributed by atoms with Crippen LogP contribution < -0.4 is 0 Å². The summed E-state index contributed by atoms with van der Waals surface area (Å²) < 4.78 is 0. The van der Waals surface area contributed by atoms with Crippen LogP contribution in [0.1, 0.15) is 147 Å². The van der Waals surface area contributed by atoms with Gasteiger partial charge in [-0.3, -0.25) is 0 Å². The summed E-state index contributed by atoms with van der Waals surface area (Å²) in [6, 6.07) is 33.6. The van der Waals surface area contributed by atoms with Crippen molar-refractivity contribution >= 4 is 0 Å². The van der Waals surface area contributed by atoms with Gasteiger partial charge < -0.3 is 0 Å². The lowest BCUT2D eigenvalue weighted by atomic mass is 9.72. The highest BCUT2D eigenvalue weighted by molar-refractivity contribution is 5.48. The average Bonchev–Trinajstić information content (AvgIpc) is 3.13. The van der Waals surface area contributed by atoms with E-state index < -0.39 is 0 Å². The van der Waals surface area contributed by atoms with Gasteiger partial charge in [0.2, 0.25) is 0 Å². The van der Waals surface area contributed by atoms with Crippen LogP contribution in [0.2, 0.25) is 0 Å². The molecule has 0 amide bonds. The van der Waals surface area contributed by atoms with Crippen molar-refractivity contribution in [3.8, 4) is 24.7 Å². The highest BCUT2D eigenvalue weighted by atomic mass is 14.3. The van der Waals surface area contributed by atoms with Gasteiger partial charge in [0.15, 0.2) is 0 Å². The lowest BCUT2D eigenvalue weighted by Crippen LogP contribution is -2.23. The minimum Gasteiger partial charge on any atom is -0.119 e. The zero-order valence-corrected chi connectivity index (χ0v) is 33.7. The number of aryl methyl sites for hydroxylation is 3. The van der Waals surface area contributed by atoms with Crippen molar-refractivity contribution in [2.45, 2.75) is 138 Å². The van der Waals surface area contributed by atoms with E-state index in [-0.39, 0.29) is 21.7 Å². The molecule has 4 rings (SSSR count). The van der Waals surface area contributed by atoms with Crippen LogP contribution in [-0.4, -0.2) is 0 Å². The molecular weight excluding hydrogens is 589 g/mol. The molecule has 0 heteroatoms. The van der Waals surface area contributed by atoms with Crippen LogP contribution in [0.25, 0.3) is 0 Å². The predicted molar refractivity (Wildman–Crippen MR) is 220 cm³/mol. The lowest BCUT2D eigenvalue weighted by molar-refractivity contribution is 0.615. The van der Waals surface area contributed by atoms with Gasteiger partial charge in [-0.15, -0.1) is 12.8 Å². The minimum absolute atomic E-state index is 0.0657. The summed E-state index contributed by atoms with van der Waals surface area (Å²) >= 11 is 0. The van der Waals surface area contributed by atoms with Gasteiger partial charge in [0.1, 0.15) is 0 Å². The summed E-state index contributed by atoms with van der Waals surface area (Å²) in [7, 11) is 0. The Hall–Kier alpha value is -4.00. The van der Waals surface area contributed by atoms with Gasteiger partial charge in [-0.2, -0.15) is 0 Å². The maximum Gasteiger partial charge on any atom is 0.0504 e. The fraction of sp³-hybridized carbons (Fsp3) is 0.429. The number of hydrogen-bond donors (Lipinski definition) is 0. The van der Waals surface area contributed by atoms with Crippen LogP contribution in [0.4, 0.5) is 0 Å². The first-order valence-electron chi connectivity index (χ1n) is 18.4. The van der Waals surface area contributed by atoms with Crippen molar-refractivity contribution in [1.82, 2.24) is 0 Å². The van der Waals surface area contributed by atoms with E-state index in [2.05, 4.69) is 179 Å². The monoisotopic (exact) mass is 655 g/mol. The number of benzene rings is 4. The first kappa shape index (κ1) is 43.0. The largest absolute Gasteiger partial charge is 0.119 e. The van der Waals surface area contributed by atoms with Gasteiger partial charge in [-0.1, -0.05) is 178 Å². The van der Waals surface area contributed by atoms with E-state index in [0.29, 0.717) is 0 Å². The third-order valence-electron chi connectivity index (χ3n) is 9.74. The van der Waals surface area contributed by atoms with E-state index >= 15 is 0 Å². The molecule has 0 unspecified atom stereocenters. The van der Waals surface area contributed by atoms with Gasteiger partial charge in [0, 0.05) is 10.8 Å². The molecule has 0 saturated heterocycles. The average molecular weight is 655 g/mol. The molecular formula is C49H66. The molecule has 0 N–H and O–H groups in total. The molecule has 0 aliphatic rings. The molecule has 0 fully saturated rings. The van der Waals surface area contributed by atoms with Gasteiger partial charge >= 0.3 is 0 Å². The van der Waals surface area contributed by atoms with Crippen LogP contribution >= 0.6 is 0 Å². The van der Waals surface area contributed by atoms with Crippen molar-refractivity contribution in [3.05, 3.63) is 141 Å². The second-order valence-corrected chi connectivity index (χ2v) is 14.6. The molecule has 0 nitrogen and oxygen atoms in total. The fourth-order valence-corrected chi connectivity index (χ4v) is 5.62. The van der Waals surface area contributed by atoms with Crippen molar-refractivity contribution in [2.75, 3.05) is 0 Å². The van der Waals surface area contributed by atoms with E-state index in [1.54, 1.807) is 0 Å². The quantitative estimate of drug-likeness (QED) is 0.166. The summed E-state index contributed by atoms with van der Waals surface area (Å²) in [5.41, 5.74) is 11.2. The highest BCUT2D eigenvalue weighted by Gasteiger charge is 2.29. The second-order valence-electron chi connectivity index (χ2n) is 14.6. The van der Waals surface area contributed by atoms with Crippen molar-refractivity contribution in [2.24, 2.45) is 0 Å². The first-order valence-corrected chi connectivity index (χ1v) is 18.4. The Morgan fingerprint density at radius 2 is 0.694 bits per heavy atom. The van der Waals surface area contributed by atoms with Crippen LogP contribution in [0.5, 0.6) is 0 Å².